The van der Waals surface area contributed by atoms with Gasteiger partial charge >= 0.3 is 0 Å². The molecule has 0 atom stereocenters. The summed E-state index contributed by atoms with van der Waals surface area (Å²) in [7, 11) is 0. The number of furan rings is 1. The number of benzene rings is 1. The van der Waals surface area contributed by atoms with Crippen LogP contribution in [0, 0.1) is 11.3 Å². The maximum atomic E-state index is 11.4. The van der Waals surface area contributed by atoms with Gasteiger partial charge in [0, 0.05) is 10.5 Å². The largest absolute Gasteiger partial charge is 0.447 e. The number of nitrogens with one attached hydrogen (secondary N) is 1. The van der Waals surface area contributed by atoms with E-state index in [0.717, 1.165) is 16.1 Å². The molecule has 0 saturated heterocycles. The molecule has 0 fully saturated rings. The normalized spacial score (nSPS) is 13.5. The minimum atomic E-state index is -0.0261. The average molecular weight is 271 g/mol. The van der Waals surface area contributed by atoms with Gasteiger partial charge in [-0.3, -0.25) is 4.79 Å². The molecule has 1 aromatic heterocycles. The van der Waals surface area contributed by atoms with E-state index in [2.05, 4.69) is 5.32 Å². The standard InChI is InChI=1S/C13H9N3O2S/c14-4-8-9(5-18-13(8)15)7-1-2-11-10(3-7)16-12(17)6-19-11/h1-3,5H,6,15H2,(H,16,17). The number of hydrogen-bond donors (Lipinski definition) is 2. The predicted molar refractivity (Wildman–Crippen MR) is 72.6 cm³/mol. The van der Waals surface area contributed by atoms with Gasteiger partial charge < -0.3 is 15.5 Å². The van der Waals surface area contributed by atoms with E-state index in [0.29, 0.717) is 16.9 Å². The third-order valence-electron chi connectivity index (χ3n) is 2.85. The SMILES string of the molecule is N#Cc1c(-c2ccc3c(c2)NC(=O)CS3)coc1N. The summed E-state index contributed by atoms with van der Waals surface area (Å²) in [5.74, 6) is 0.504. The Kier molecular flexibility index (Phi) is 2.69. The van der Waals surface area contributed by atoms with Crippen molar-refractivity contribution in [2.45, 2.75) is 4.90 Å². The fourth-order valence-electron chi connectivity index (χ4n) is 1.95. The van der Waals surface area contributed by atoms with Crippen molar-refractivity contribution in [1.29, 1.82) is 5.26 Å². The monoisotopic (exact) mass is 271 g/mol. The lowest BCUT2D eigenvalue weighted by Crippen LogP contribution is -2.18. The molecule has 1 aliphatic heterocycles. The number of nitrogen functional groups attached to an aromatic ring is 1. The van der Waals surface area contributed by atoms with Crippen LogP contribution in [0.3, 0.4) is 0 Å². The van der Waals surface area contributed by atoms with Crippen molar-refractivity contribution in [3.8, 4) is 17.2 Å². The van der Waals surface area contributed by atoms with E-state index in [1.807, 2.05) is 24.3 Å². The Bertz CT molecular complexity index is 715. The molecule has 19 heavy (non-hydrogen) atoms. The van der Waals surface area contributed by atoms with Crippen molar-refractivity contribution in [2.75, 3.05) is 16.8 Å². The zero-order valence-corrected chi connectivity index (χ0v) is 10.6. The molecule has 3 rings (SSSR count). The molecular weight excluding hydrogens is 262 g/mol. The maximum Gasteiger partial charge on any atom is 0.234 e. The number of hydrogen-bond acceptors (Lipinski definition) is 5. The molecule has 0 unspecified atom stereocenters. The summed E-state index contributed by atoms with van der Waals surface area (Å²) in [6.07, 6.45) is 1.45. The molecule has 0 spiro atoms. The number of nitrogens with two attached hydrogens (primary N) is 1. The van der Waals surface area contributed by atoms with E-state index >= 15 is 0 Å². The molecule has 1 aromatic carbocycles. The Hall–Kier alpha value is -2.39. The number of carbonyl (C=O) groups excluding carboxylic acids is 1. The predicted octanol–water partition coefficient (Wildman–Crippen LogP) is 2.44. The molecule has 5 nitrogen and oxygen atoms in total. The second kappa shape index (κ2) is 4.37. The number of fused-ring (bicyclic) bond motifs is 1. The number of carbonyl (C=O) groups is 1. The van der Waals surface area contributed by atoms with Gasteiger partial charge in [0.2, 0.25) is 11.8 Å². The lowest BCUT2D eigenvalue weighted by atomic mass is 10.0. The van der Waals surface area contributed by atoms with Crippen molar-refractivity contribution >= 4 is 29.2 Å². The number of nitrogens with zero attached hydrogens (tertiary/aromatic N) is 1. The van der Waals surface area contributed by atoms with Crippen molar-refractivity contribution < 1.29 is 9.21 Å². The molecule has 3 N–H and O–H groups in total. The highest BCUT2D eigenvalue weighted by atomic mass is 32.2. The van der Waals surface area contributed by atoms with Gasteiger partial charge in [-0.15, -0.1) is 11.8 Å². The minimum absolute atomic E-state index is 0.0261. The molecule has 1 aliphatic rings. The third kappa shape index (κ3) is 1.94. The van der Waals surface area contributed by atoms with Crippen LogP contribution >= 0.6 is 11.8 Å². The molecule has 0 saturated carbocycles. The zero-order valence-electron chi connectivity index (χ0n) is 9.77. The summed E-state index contributed by atoms with van der Waals surface area (Å²) >= 11 is 1.49. The summed E-state index contributed by atoms with van der Waals surface area (Å²) in [5.41, 5.74) is 8.08. The summed E-state index contributed by atoms with van der Waals surface area (Å²) < 4.78 is 5.07. The molecule has 2 heterocycles. The van der Waals surface area contributed by atoms with Crippen LogP contribution in [0.5, 0.6) is 0 Å². The molecule has 6 heteroatoms. The van der Waals surface area contributed by atoms with Crippen molar-refractivity contribution in [1.82, 2.24) is 0 Å². The first kappa shape index (κ1) is 11.7. The van der Waals surface area contributed by atoms with Gasteiger partial charge in [0.05, 0.1) is 11.4 Å². The summed E-state index contributed by atoms with van der Waals surface area (Å²) in [5, 5.41) is 11.9. The highest BCUT2D eigenvalue weighted by Crippen LogP contribution is 2.37. The topological polar surface area (TPSA) is 92.0 Å². The zero-order chi connectivity index (χ0) is 13.4. The van der Waals surface area contributed by atoms with Crippen LogP contribution in [-0.2, 0) is 4.79 Å². The molecule has 0 bridgehead atoms. The van der Waals surface area contributed by atoms with Crippen molar-refractivity contribution in [3.05, 3.63) is 30.0 Å². The lowest BCUT2D eigenvalue weighted by molar-refractivity contribution is -0.113. The van der Waals surface area contributed by atoms with E-state index in [-0.39, 0.29) is 11.8 Å². The molecule has 1 amide bonds. The van der Waals surface area contributed by atoms with Gasteiger partial charge in [-0.1, -0.05) is 6.07 Å². The highest BCUT2D eigenvalue weighted by molar-refractivity contribution is 8.00. The fourth-order valence-corrected chi connectivity index (χ4v) is 2.74. The van der Waals surface area contributed by atoms with Crippen molar-refractivity contribution in [3.63, 3.8) is 0 Å². The van der Waals surface area contributed by atoms with Crippen LogP contribution in [0.4, 0.5) is 11.6 Å². The number of amides is 1. The molecule has 2 aromatic rings. The van der Waals surface area contributed by atoms with Crippen LogP contribution in [0.1, 0.15) is 5.56 Å². The second-order valence-corrected chi connectivity index (χ2v) is 5.07. The number of thioether (sulfide) groups is 1. The van der Waals surface area contributed by atoms with Crippen LogP contribution in [0.25, 0.3) is 11.1 Å². The number of anilines is 2. The Morgan fingerprint density at radius 3 is 3.11 bits per heavy atom. The minimum Gasteiger partial charge on any atom is -0.447 e. The first-order chi connectivity index (χ1) is 9.19. The molecule has 0 radical (unpaired) electrons. The number of rotatable bonds is 1. The van der Waals surface area contributed by atoms with Gasteiger partial charge in [-0.2, -0.15) is 5.26 Å². The van der Waals surface area contributed by atoms with Gasteiger partial charge in [-0.05, 0) is 17.7 Å². The van der Waals surface area contributed by atoms with Gasteiger partial charge in [0.25, 0.3) is 0 Å². The molecule has 94 valence electrons. The van der Waals surface area contributed by atoms with E-state index in [1.165, 1.54) is 18.0 Å². The van der Waals surface area contributed by atoms with E-state index < -0.39 is 0 Å². The Morgan fingerprint density at radius 1 is 1.47 bits per heavy atom. The summed E-state index contributed by atoms with van der Waals surface area (Å²) in [6, 6.07) is 7.64. The van der Waals surface area contributed by atoms with Crippen LogP contribution in [0.15, 0.2) is 33.8 Å². The first-order valence-electron chi connectivity index (χ1n) is 5.53. The Morgan fingerprint density at radius 2 is 2.32 bits per heavy atom. The second-order valence-electron chi connectivity index (χ2n) is 4.05. The average Bonchev–Trinajstić information content (AvgIpc) is 2.79. The van der Waals surface area contributed by atoms with Crippen LogP contribution in [0.2, 0.25) is 0 Å². The smallest absolute Gasteiger partial charge is 0.234 e. The first-order valence-corrected chi connectivity index (χ1v) is 6.51. The Balaban J connectivity index is 2.09. The third-order valence-corrected chi connectivity index (χ3v) is 3.93. The van der Waals surface area contributed by atoms with E-state index in [4.69, 9.17) is 15.4 Å². The van der Waals surface area contributed by atoms with E-state index in [1.54, 1.807) is 0 Å². The van der Waals surface area contributed by atoms with E-state index in [9.17, 15) is 4.79 Å². The van der Waals surface area contributed by atoms with Gasteiger partial charge in [-0.25, -0.2) is 0 Å². The Labute approximate surface area is 113 Å². The van der Waals surface area contributed by atoms with Crippen molar-refractivity contribution in [2.24, 2.45) is 0 Å². The van der Waals surface area contributed by atoms with Crippen LogP contribution in [-0.4, -0.2) is 11.7 Å². The quantitative estimate of drug-likeness (QED) is 0.831. The fraction of sp³-hybridized carbons (Fsp3) is 0.0769. The molecule has 0 aliphatic carbocycles. The highest BCUT2D eigenvalue weighted by Gasteiger charge is 2.18. The summed E-state index contributed by atoms with van der Waals surface area (Å²) in [6.45, 7) is 0. The maximum absolute atomic E-state index is 11.4. The number of nitriles is 1. The summed E-state index contributed by atoms with van der Waals surface area (Å²) in [4.78, 5) is 12.4. The van der Waals surface area contributed by atoms with Gasteiger partial charge in [0.1, 0.15) is 17.9 Å². The lowest BCUT2D eigenvalue weighted by Gasteiger charge is -2.16. The van der Waals surface area contributed by atoms with Gasteiger partial charge in [0.15, 0.2) is 0 Å². The van der Waals surface area contributed by atoms with Crippen LogP contribution < -0.4 is 11.1 Å². The molecular formula is C13H9N3O2S.